The van der Waals surface area contributed by atoms with Crippen molar-refractivity contribution in [3.63, 3.8) is 0 Å². The van der Waals surface area contributed by atoms with Crippen molar-refractivity contribution in [2.24, 2.45) is 0 Å². The smallest absolute Gasteiger partial charge is 0.230 e. The summed E-state index contributed by atoms with van der Waals surface area (Å²) >= 11 is 4.89. The van der Waals surface area contributed by atoms with Gasteiger partial charge < -0.3 is 10.4 Å². The lowest BCUT2D eigenvalue weighted by Crippen LogP contribution is -2.45. The lowest BCUT2D eigenvalue weighted by atomic mass is 9.93. The van der Waals surface area contributed by atoms with Crippen LogP contribution >= 0.6 is 27.7 Å². The number of thioether (sulfide) groups is 1. The van der Waals surface area contributed by atoms with Crippen molar-refractivity contribution in [2.45, 2.75) is 42.7 Å². The Bertz CT molecular complexity index is 424. The van der Waals surface area contributed by atoms with Gasteiger partial charge in [-0.15, -0.1) is 11.8 Å². The summed E-state index contributed by atoms with van der Waals surface area (Å²) < 4.78 is 1.03. The zero-order chi connectivity index (χ0) is 13.7. The lowest BCUT2D eigenvalue weighted by Gasteiger charge is -2.28. The molecule has 0 heterocycles. The van der Waals surface area contributed by atoms with E-state index in [-0.39, 0.29) is 18.1 Å². The number of halogens is 1. The van der Waals surface area contributed by atoms with Crippen LogP contribution in [0.4, 0.5) is 0 Å². The van der Waals surface area contributed by atoms with Gasteiger partial charge in [0.15, 0.2) is 0 Å². The number of benzene rings is 1. The molecule has 1 aromatic rings. The molecule has 1 fully saturated rings. The van der Waals surface area contributed by atoms with Gasteiger partial charge in [0.2, 0.25) is 5.91 Å². The third kappa shape index (κ3) is 4.82. The zero-order valence-electron chi connectivity index (χ0n) is 10.6. The Morgan fingerprint density at radius 2 is 2.00 bits per heavy atom. The molecule has 1 aliphatic rings. The Balaban J connectivity index is 1.76. The third-order valence-electron chi connectivity index (χ3n) is 3.26. The predicted octanol–water partition coefficient (Wildman–Crippen LogP) is 2.96. The van der Waals surface area contributed by atoms with Gasteiger partial charge >= 0.3 is 0 Å². The highest BCUT2D eigenvalue weighted by atomic mass is 79.9. The van der Waals surface area contributed by atoms with E-state index in [0.29, 0.717) is 5.75 Å². The zero-order valence-corrected chi connectivity index (χ0v) is 13.0. The van der Waals surface area contributed by atoms with Gasteiger partial charge in [-0.2, -0.15) is 0 Å². The second kappa shape index (κ2) is 7.31. The number of aliphatic hydroxyl groups is 1. The van der Waals surface area contributed by atoms with Gasteiger partial charge in [0.1, 0.15) is 0 Å². The van der Waals surface area contributed by atoms with Gasteiger partial charge in [0.25, 0.3) is 0 Å². The molecular formula is C14H18BrNO2S. The van der Waals surface area contributed by atoms with Crippen molar-refractivity contribution in [2.75, 3.05) is 5.75 Å². The van der Waals surface area contributed by atoms with Crippen LogP contribution < -0.4 is 5.32 Å². The highest BCUT2D eigenvalue weighted by molar-refractivity contribution is 9.10. The van der Waals surface area contributed by atoms with E-state index >= 15 is 0 Å². The van der Waals surface area contributed by atoms with E-state index in [4.69, 9.17) is 0 Å². The van der Waals surface area contributed by atoms with E-state index in [1.165, 1.54) is 11.8 Å². The van der Waals surface area contributed by atoms with Gasteiger partial charge in [-0.25, -0.2) is 0 Å². The second-order valence-electron chi connectivity index (χ2n) is 4.77. The molecule has 0 aromatic heterocycles. The molecule has 1 aliphatic carbocycles. The average Bonchev–Trinajstić information content (AvgIpc) is 2.41. The molecule has 0 unspecified atom stereocenters. The standard InChI is InChI=1S/C14H18BrNO2S/c15-10-5-7-11(8-6-10)19-9-14(18)16-12-3-1-2-4-13(12)17/h5-8,12-13,17H,1-4,9H2,(H,16,18)/t12-,13-/m1/s1. The van der Waals surface area contributed by atoms with E-state index in [2.05, 4.69) is 21.2 Å². The summed E-state index contributed by atoms with van der Waals surface area (Å²) in [5.41, 5.74) is 0. The first kappa shape index (κ1) is 14.9. The summed E-state index contributed by atoms with van der Waals surface area (Å²) in [6.45, 7) is 0. The normalized spacial score (nSPS) is 23.1. The van der Waals surface area contributed by atoms with Crippen LogP contribution in [0.3, 0.4) is 0 Å². The number of aliphatic hydroxyl groups excluding tert-OH is 1. The van der Waals surface area contributed by atoms with Crippen LogP contribution in [0.15, 0.2) is 33.6 Å². The minimum Gasteiger partial charge on any atom is -0.391 e. The third-order valence-corrected chi connectivity index (χ3v) is 4.80. The van der Waals surface area contributed by atoms with Crippen LogP contribution in [0.2, 0.25) is 0 Å². The van der Waals surface area contributed by atoms with Crippen molar-refractivity contribution < 1.29 is 9.90 Å². The van der Waals surface area contributed by atoms with Crippen molar-refractivity contribution in [3.8, 4) is 0 Å². The molecule has 1 amide bonds. The van der Waals surface area contributed by atoms with Crippen LogP contribution in [0.5, 0.6) is 0 Å². The topological polar surface area (TPSA) is 49.3 Å². The van der Waals surface area contributed by atoms with Gasteiger partial charge in [-0.1, -0.05) is 28.8 Å². The molecule has 2 rings (SSSR count). The average molecular weight is 344 g/mol. The number of carbonyl (C=O) groups excluding carboxylic acids is 1. The van der Waals surface area contributed by atoms with Gasteiger partial charge in [-0.3, -0.25) is 4.79 Å². The number of rotatable bonds is 4. The quantitative estimate of drug-likeness (QED) is 0.826. The number of carbonyl (C=O) groups is 1. The van der Waals surface area contributed by atoms with Crippen LogP contribution in [0.25, 0.3) is 0 Å². The summed E-state index contributed by atoms with van der Waals surface area (Å²) in [5, 5.41) is 12.7. The fourth-order valence-electron chi connectivity index (χ4n) is 2.21. The predicted molar refractivity (Wildman–Crippen MR) is 81.3 cm³/mol. The van der Waals surface area contributed by atoms with Crippen molar-refractivity contribution in [1.82, 2.24) is 5.32 Å². The molecule has 2 atom stereocenters. The van der Waals surface area contributed by atoms with Crippen molar-refractivity contribution in [3.05, 3.63) is 28.7 Å². The monoisotopic (exact) mass is 343 g/mol. The Labute approximate surface area is 126 Å². The summed E-state index contributed by atoms with van der Waals surface area (Å²) in [6, 6.07) is 7.83. The van der Waals surface area contributed by atoms with Crippen LogP contribution in [0.1, 0.15) is 25.7 Å². The maximum absolute atomic E-state index is 11.8. The first-order valence-corrected chi connectivity index (χ1v) is 8.29. The summed E-state index contributed by atoms with van der Waals surface area (Å²) in [6.07, 6.45) is 3.44. The van der Waals surface area contributed by atoms with E-state index in [1.54, 1.807) is 0 Å². The summed E-state index contributed by atoms with van der Waals surface area (Å²) in [4.78, 5) is 12.9. The SMILES string of the molecule is O=C(CSc1ccc(Br)cc1)N[C@@H]1CCCC[C@H]1O. The molecule has 2 N–H and O–H groups in total. The first-order chi connectivity index (χ1) is 9.15. The summed E-state index contributed by atoms with van der Waals surface area (Å²) in [7, 11) is 0. The van der Waals surface area contributed by atoms with E-state index in [0.717, 1.165) is 35.1 Å². The van der Waals surface area contributed by atoms with Crippen LogP contribution in [-0.4, -0.2) is 28.9 Å². The molecular weight excluding hydrogens is 326 g/mol. The molecule has 1 saturated carbocycles. The molecule has 3 nitrogen and oxygen atoms in total. The largest absolute Gasteiger partial charge is 0.391 e. The Hall–Kier alpha value is -0.520. The van der Waals surface area contributed by atoms with Crippen molar-refractivity contribution >= 4 is 33.6 Å². The molecule has 0 radical (unpaired) electrons. The Morgan fingerprint density at radius 1 is 1.32 bits per heavy atom. The fraction of sp³-hybridized carbons (Fsp3) is 0.500. The molecule has 0 saturated heterocycles. The molecule has 5 heteroatoms. The molecule has 1 aromatic carbocycles. The lowest BCUT2D eigenvalue weighted by molar-refractivity contribution is -0.120. The van der Waals surface area contributed by atoms with E-state index in [1.807, 2.05) is 24.3 Å². The highest BCUT2D eigenvalue weighted by Gasteiger charge is 2.24. The number of hydrogen-bond acceptors (Lipinski definition) is 3. The highest BCUT2D eigenvalue weighted by Crippen LogP contribution is 2.21. The molecule has 0 bridgehead atoms. The van der Waals surface area contributed by atoms with Crippen molar-refractivity contribution in [1.29, 1.82) is 0 Å². The maximum atomic E-state index is 11.8. The maximum Gasteiger partial charge on any atom is 0.230 e. The fourth-order valence-corrected chi connectivity index (χ4v) is 3.18. The van der Waals surface area contributed by atoms with Crippen LogP contribution in [0, 0.1) is 0 Å². The number of nitrogens with one attached hydrogen (secondary N) is 1. The van der Waals surface area contributed by atoms with Crippen LogP contribution in [-0.2, 0) is 4.79 Å². The number of amides is 1. The second-order valence-corrected chi connectivity index (χ2v) is 6.73. The molecule has 0 aliphatic heterocycles. The minimum absolute atomic E-state index is 0.00105. The van der Waals surface area contributed by atoms with Gasteiger partial charge in [0.05, 0.1) is 17.9 Å². The Kier molecular flexibility index (Phi) is 5.73. The first-order valence-electron chi connectivity index (χ1n) is 6.51. The Morgan fingerprint density at radius 3 is 2.68 bits per heavy atom. The number of hydrogen-bond donors (Lipinski definition) is 2. The summed E-state index contributed by atoms with van der Waals surface area (Å²) in [5.74, 6) is 0.393. The minimum atomic E-state index is -0.379. The molecule has 19 heavy (non-hydrogen) atoms. The molecule has 0 spiro atoms. The van der Waals surface area contributed by atoms with Gasteiger partial charge in [-0.05, 0) is 37.1 Å². The van der Waals surface area contributed by atoms with Gasteiger partial charge in [0, 0.05) is 9.37 Å². The molecule has 104 valence electrons. The van der Waals surface area contributed by atoms with E-state index in [9.17, 15) is 9.90 Å². The van der Waals surface area contributed by atoms with E-state index < -0.39 is 0 Å².